The Morgan fingerprint density at radius 2 is 1.45 bits per heavy atom. The number of hydrogen-bond acceptors (Lipinski definition) is 2. The Morgan fingerprint density at radius 3 is 1.82 bits per heavy atom. The highest BCUT2D eigenvalue weighted by molar-refractivity contribution is 9.11. The fourth-order valence-corrected chi connectivity index (χ4v) is 2.08. The van der Waals surface area contributed by atoms with Gasteiger partial charge >= 0.3 is 0 Å². The average Bonchev–Trinajstić information content (AvgIpc) is 1.97. The number of aromatic hydroxyl groups is 2. The first-order valence-corrected chi connectivity index (χ1v) is 4.49. The van der Waals surface area contributed by atoms with Gasteiger partial charge in [-0.05, 0) is 44.8 Å². The minimum absolute atomic E-state index is 0.0747. The monoisotopic (exact) mass is 280 g/mol. The quantitative estimate of drug-likeness (QED) is 0.768. The molecule has 0 unspecified atom stereocenters. The molecule has 0 aromatic heterocycles. The van der Waals surface area contributed by atoms with Crippen LogP contribution in [0.3, 0.4) is 0 Å². The van der Waals surface area contributed by atoms with E-state index in [1.165, 1.54) is 0 Å². The first-order chi connectivity index (χ1) is 5.04. The largest absolute Gasteiger partial charge is 0.506 e. The van der Waals surface area contributed by atoms with Crippen LogP contribution >= 0.6 is 31.9 Å². The molecule has 0 radical (unpaired) electrons. The molecule has 0 fully saturated rings. The molecule has 0 aliphatic carbocycles. The van der Waals surface area contributed by atoms with E-state index in [1.807, 2.05) is 0 Å². The van der Waals surface area contributed by atoms with Gasteiger partial charge < -0.3 is 10.2 Å². The van der Waals surface area contributed by atoms with Crippen LogP contribution < -0.4 is 0 Å². The van der Waals surface area contributed by atoms with Crippen LogP contribution in [0.1, 0.15) is 5.56 Å². The van der Waals surface area contributed by atoms with Crippen LogP contribution in [-0.2, 0) is 0 Å². The SMILES string of the molecule is Cc1c(O)c(Br)cc(Br)c1O. The highest BCUT2D eigenvalue weighted by Gasteiger charge is 2.09. The summed E-state index contributed by atoms with van der Waals surface area (Å²) >= 11 is 6.28. The number of halogens is 2. The number of rotatable bonds is 0. The molecule has 60 valence electrons. The molecule has 0 amide bonds. The molecule has 0 atom stereocenters. The van der Waals surface area contributed by atoms with Crippen LogP contribution in [0.5, 0.6) is 11.5 Å². The van der Waals surface area contributed by atoms with Crippen molar-refractivity contribution in [2.75, 3.05) is 0 Å². The zero-order chi connectivity index (χ0) is 8.59. The van der Waals surface area contributed by atoms with Gasteiger partial charge in [0.05, 0.1) is 8.95 Å². The molecule has 0 spiro atoms. The van der Waals surface area contributed by atoms with Gasteiger partial charge in [-0.1, -0.05) is 0 Å². The fraction of sp³-hybridized carbons (Fsp3) is 0.143. The molecule has 0 bridgehead atoms. The molecular formula is C7H6Br2O2. The Kier molecular flexibility index (Phi) is 2.44. The van der Waals surface area contributed by atoms with Crippen molar-refractivity contribution in [1.82, 2.24) is 0 Å². The van der Waals surface area contributed by atoms with Gasteiger partial charge in [0.25, 0.3) is 0 Å². The van der Waals surface area contributed by atoms with Crippen molar-refractivity contribution in [3.63, 3.8) is 0 Å². The Hall–Kier alpha value is -0.220. The second-order valence-electron chi connectivity index (χ2n) is 2.16. The highest BCUT2D eigenvalue weighted by Crippen LogP contribution is 2.38. The summed E-state index contributed by atoms with van der Waals surface area (Å²) in [5.74, 6) is 0.149. The van der Waals surface area contributed by atoms with Crippen LogP contribution in [0, 0.1) is 6.92 Å². The van der Waals surface area contributed by atoms with Gasteiger partial charge in [-0.15, -0.1) is 0 Å². The van der Waals surface area contributed by atoms with Crippen LogP contribution in [-0.4, -0.2) is 10.2 Å². The van der Waals surface area contributed by atoms with Crippen molar-refractivity contribution in [3.05, 3.63) is 20.6 Å². The van der Waals surface area contributed by atoms with E-state index >= 15 is 0 Å². The summed E-state index contributed by atoms with van der Waals surface area (Å²) in [4.78, 5) is 0. The van der Waals surface area contributed by atoms with Crippen LogP contribution in [0.2, 0.25) is 0 Å². The smallest absolute Gasteiger partial charge is 0.136 e. The Bertz CT molecular complexity index is 271. The molecule has 2 N–H and O–H groups in total. The van der Waals surface area contributed by atoms with Gasteiger partial charge in [0, 0.05) is 5.56 Å². The molecular weight excluding hydrogens is 276 g/mol. The number of benzene rings is 1. The molecule has 11 heavy (non-hydrogen) atoms. The third kappa shape index (κ3) is 1.51. The van der Waals surface area contributed by atoms with E-state index < -0.39 is 0 Å². The Labute approximate surface area is 81.1 Å². The topological polar surface area (TPSA) is 40.5 Å². The van der Waals surface area contributed by atoms with Gasteiger partial charge in [-0.2, -0.15) is 0 Å². The average molecular weight is 282 g/mol. The third-order valence-electron chi connectivity index (χ3n) is 1.42. The fourth-order valence-electron chi connectivity index (χ4n) is 0.718. The minimum atomic E-state index is 0.0747. The van der Waals surface area contributed by atoms with E-state index in [1.54, 1.807) is 13.0 Å². The maximum atomic E-state index is 9.28. The molecule has 1 aromatic rings. The van der Waals surface area contributed by atoms with Crippen LogP contribution in [0.25, 0.3) is 0 Å². The lowest BCUT2D eigenvalue weighted by atomic mass is 10.2. The molecule has 0 heterocycles. The maximum Gasteiger partial charge on any atom is 0.136 e. The zero-order valence-electron chi connectivity index (χ0n) is 5.73. The Balaban J connectivity index is 3.46. The molecule has 0 saturated carbocycles. The maximum absolute atomic E-state index is 9.28. The summed E-state index contributed by atoms with van der Waals surface area (Å²) < 4.78 is 1.14. The normalized spacial score (nSPS) is 10.1. The van der Waals surface area contributed by atoms with E-state index in [9.17, 15) is 10.2 Å². The number of phenols is 2. The van der Waals surface area contributed by atoms with Gasteiger partial charge in [-0.25, -0.2) is 0 Å². The lowest BCUT2D eigenvalue weighted by molar-refractivity contribution is 0.439. The predicted octanol–water partition coefficient (Wildman–Crippen LogP) is 2.93. The van der Waals surface area contributed by atoms with Crippen molar-refractivity contribution >= 4 is 31.9 Å². The van der Waals surface area contributed by atoms with Crippen molar-refractivity contribution in [2.24, 2.45) is 0 Å². The van der Waals surface area contributed by atoms with Crippen LogP contribution in [0.15, 0.2) is 15.0 Å². The first-order valence-electron chi connectivity index (χ1n) is 2.90. The molecule has 1 rings (SSSR count). The van der Waals surface area contributed by atoms with Gasteiger partial charge in [-0.3, -0.25) is 0 Å². The third-order valence-corrected chi connectivity index (χ3v) is 2.63. The molecule has 0 aliphatic rings. The molecule has 2 nitrogen and oxygen atoms in total. The lowest BCUT2D eigenvalue weighted by Gasteiger charge is -2.05. The summed E-state index contributed by atoms with van der Waals surface area (Å²) in [6.07, 6.45) is 0. The molecule has 4 heteroatoms. The standard InChI is InChI=1S/C7H6Br2O2/c1-3-6(10)4(8)2-5(9)7(3)11/h2,10-11H,1H3. The molecule has 0 aliphatic heterocycles. The second-order valence-corrected chi connectivity index (χ2v) is 3.87. The van der Waals surface area contributed by atoms with Gasteiger partial charge in [0.2, 0.25) is 0 Å². The van der Waals surface area contributed by atoms with Crippen molar-refractivity contribution in [3.8, 4) is 11.5 Å². The summed E-state index contributed by atoms with van der Waals surface area (Å²) in [5, 5.41) is 18.6. The molecule has 0 saturated heterocycles. The van der Waals surface area contributed by atoms with E-state index in [2.05, 4.69) is 31.9 Å². The minimum Gasteiger partial charge on any atom is -0.506 e. The van der Waals surface area contributed by atoms with E-state index in [0.29, 0.717) is 14.5 Å². The van der Waals surface area contributed by atoms with Crippen molar-refractivity contribution < 1.29 is 10.2 Å². The highest BCUT2D eigenvalue weighted by atomic mass is 79.9. The lowest BCUT2D eigenvalue weighted by Crippen LogP contribution is -1.79. The number of phenolic OH excluding ortho intramolecular Hbond substituents is 2. The summed E-state index contributed by atoms with van der Waals surface area (Å²) in [5.41, 5.74) is 0.464. The van der Waals surface area contributed by atoms with Crippen LogP contribution in [0.4, 0.5) is 0 Å². The first kappa shape index (κ1) is 8.87. The van der Waals surface area contributed by atoms with E-state index in [4.69, 9.17) is 0 Å². The Morgan fingerprint density at radius 1 is 1.09 bits per heavy atom. The second kappa shape index (κ2) is 3.03. The molecule has 1 aromatic carbocycles. The van der Waals surface area contributed by atoms with E-state index in [0.717, 1.165) is 0 Å². The summed E-state index contributed by atoms with van der Waals surface area (Å²) in [6.45, 7) is 1.64. The number of hydrogen-bond donors (Lipinski definition) is 2. The van der Waals surface area contributed by atoms with Crippen molar-refractivity contribution in [1.29, 1.82) is 0 Å². The summed E-state index contributed by atoms with van der Waals surface area (Å²) in [7, 11) is 0. The van der Waals surface area contributed by atoms with Gasteiger partial charge in [0.1, 0.15) is 11.5 Å². The summed E-state index contributed by atoms with van der Waals surface area (Å²) in [6, 6.07) is 1.59. The predicted molar refractivity (Wildman–Crippen MR) is 49.9 cm³/mol. The van der Waals surface area contributed by atoms with Gasteiger partial charge in [0.15, 0.2) is 0 Å². The zero-order valence-corrected chi connectivity index (χ0v) is 8.90. The van der Waals surface area contributed by atoms with Crippen molar-refractivity contribution in [2.45, 2.75) is 6.92 Å². The van der Waals surface area contributed by atoms with E-state index in [-0.39, 0.29) is 11.5 Å².